The van der Waals surface area contributed by atoms with Crippen molar-refractivity contribution in [3.63, 3.8) is 0 Å². The summed E-state index contributed by atoms with van der Waals surface area (Å²) in [5, 5.41) is 0. The SMILES string of the molecule is CCCCCCCC/C=C\CCCCCCCCCC(=O)OC(COC(=O)CCCCCCCCCCCCCCCCC)COC(=O)CCCCCCCCCCCCCCCCCCCCCCCCCCCCC. The van der Waals surface area contributed by atoms with Gasteiger partial charge in [-0.15, -0.1) is 0 Å². The van der Waals surface area contributed by atoms with Crippen LogP contribution in [-0.4, -0.2) is 37.2 Å². The van der Waals surface area contributed by atoms with Crippen LogP contribution < -0.4 is 0 Å². The van der Waals surface area contributed by atoms with E-state index in [9.17, 15) is 14.4 Å². The van der Waals surface area contributed by atoms with Gasteiger partial charge in [-0.1, -0.05) is 354 Å². The third kappa shape index (κ3) is 64.9. The summed E-state index contributed by atoms with van der Waals surface area (Å²) >= 11 is 0. The van der Waals surface area contributed by atoms with Gasteiger partial charge in [0.2, 0.25) is 0 Å². The molecule has 0 amide bonds. The maximum absolute atomic E-state index is 12.9. The van der Waals surface area contributed by atoms with Gasteiger partial charge >= 0.3 is 17.9 Å². The average molecular weight is 1090 g/mol. The summed E-state index contributed by atoms with van der Waals surface area (Å²) in [6.45, 7) is 6.72. The smallest absolute Gasteiger partial charge is 0.306 e. The lowest BCUT2D eigenvalue weighted by molar-refractivity contribution is -0.167. The average Bonchev–Trinajstić information content (AvgIpc) is 3.43. The lowest BCUT2D eigenvalue weighted by atomic mass is 10.0. The Morgan fingerprint density at radius 1 is 0.247 bits per heavy atom. The van der Waals surface area contributed by atoms with Crippen molar-refractivity contribution in [3.05, 3.63) is 12.2 Å². The molecule has 0 saturated heterocycles. The molecule has 1 unspecified atom stereocenters. The summed E-state index contributed by atoms with van der Waals surface area (Å²) in [7, 11) is 0. The molecule has 77 heavy (non-hydrogen) atoms. The van der Waals surface area contributed by atoms with Gasteiger partial charge in [0, 0.05) is 19.3 Å². The van der Waals surface area contributed by atoms with Crippen molar-refractivity contribution in [2.45, 2.75) is 412 Å². The van der Waals surface area contributed by atoms with Crippen LogP contribution in [0.1, 0.15) is 406 Å². The Morgan fingerprint density at radius 3 is 0.649 bits per heavy atom. The van der Waals surface area contributed by atoms with Gasteiger partial charge < -0.3 is 14.2 Å². The molecule has 0 aromatic rings. The molecule has 6 nitrogen and oxygen atoms in total. The first kappa shape index (κ1) is 75.2. The highest BCUT2D eigenvalue weighted by molar-refractivity contribution is 5.71. The number of carbonyl (C=O) groups excluding carboxylic acids is 3. The van der Waals surface area contributed by atoms with Crippen LogP contribution in [0, 0.1) is 0 Å². The second kappa shape index (κ2) is 66.7. The fraction of sp³-hybridized carbons (Fsp3) is 0.930. The second-order valence-corrected chi connectivity index (χ2v) is 24.2. The first-order valence-corrected chi connectivity index (χ1v) is 35.2. The zero-order valence-electron chi connectivity index (χ0n) is 52.5. The van der Waals surface area contributed by atoms with E-state index >= 15 is 0 Å². The zero-order valence-corrected chi connectivity index (χ0v) is 52.5. The minimum absolute atomic E-state index is 0.0649. The van der Waals surface area contributed by atoms with E-state index in [0.717, 1.165) is 57.8 Å². The standard InChI is InChI=1S/C71H136O6/c1-4-7-10-13-16-19-22-25-28-30-31-32-33-34-35-36-37-38-39-41-43-46-49-52-55-58-61-64-70(73)76-67-68(66-75-69(72)63-60-57-54-51-48-45-42-27-24-21-18-15-12-9-6-3)77-71(74)65-62-59-56-53-50-47-44-40-29-26-23-20-17-14-11-8-5-2/h26,29,68H,4-25,27-28,30-67H2,1-3H3/b29-26-. The molecule has 1 atom stereocenters. The van der Waals surface area contributed by atoms with Crippen molar-refractivity contribution >= 4 is 17.9 Å². The highest BCUT2D eigenvalue weighted by Gasteiger charge is 2.19. The Labute approximate surface area is 481 Å². The molecule has 0 saturated carbocycles. The van der Waals surface area contributed by atoms with Crippen LogP contribution in [0.25, 0.3) is 0 Å². The Morgan fingerprint density at radius 2 is 0.429 bits per heavy atom. The van der Waals surface area contributed by atoms with E-state index < -0.39 is 6.10 Å². The largest absolute Gasteiger partial charge is 0.462 e. The first-order valence-electron chi connectivity index (χ1n) is 35.2. The van der Waals surface area contributed by atoms with E-state index in [0.29, 0.717) is 19.3 Å². The lowest BCUT2D eigenvalue weighted by Crippen LogP contribution is -2.30. The topological polar surface area (TPSA) is 78.9 Å². The van der Waals surface area contributed by atoms with Crippen molar-refractivity contribution in [2.24, 2.45) is 0 Å². The Balaban J connectivity index is 4.19. The predicted octanol–water partition coefficient (Wildman–Crippen LogP) is 24.0. The van der Waals surface area contributed by atoms with Crippen LogP contribution in [0.5, 0.6) is 0 Å². The van der Waals surface area contributed by atoms with Crippen LogP contribution >= 0.6 is 0 Å². The molecular formula is C71H136O6. The van der Waals surface area contributed by atoms with Crippen molar-refractivity contribution in [2.75, 3.05) is 13.2 Å². The molecule has 0 aromatic heterocycles. The fourth-order valence-corrected chi connectivity index (χ4v) is 11.0. The maximum Gasteiger partial charge on any atom is 0.306 e. The van der Waals surface area contributed by atoms with Gasteiger partial charge in [-0.05, 0) is 44.9 Å². The normalized spacial score (nSPS) is 12.0. The summed E-state index contributed by atoms with van der Waals surface area (Å²) in [4.78, 5) is 38.4. The molecule has 0 spiro atoms. The Kier molecular flexibility index (Phi) is 65.1. The molecule has 0 aliphatic heterocycles. The van der Waals surface area contributed by atoms with Gasteiger partial charge in [-0.25, -0.2) is 0 Å². The maximum atomic E-state index is 12.9. The van der Waals surface area contributed by atoms with E-state index in [1.54, 1.807) is 0 Å². The molecule has 0 rings (SSSR count). The van der Waals surface area contributed by atoms with E-state index in [-0.39, 0.29) is 31.1 Å². The first-order chi connectivity index (χ1) is 38.0. The van der Waals surface area contributed by atoms with Crippen molar-refractivity contribution in [3.8, 4) is 0 Å². The van der Waals surface area contributed by atoms with Gasteiger partial charge in [-0.2, -0.15) is 0 Å². The summed E-state index contributed by atoms with van der Waals surface area (Å²) in [6, 6.07) is 0. The number of hydrogen-bond acceptors (Lipinski definition) is 6. The highest BCUT2D eigenvalue weighted by Crippen LogP contribution is 2.19. The number of unbranched alkanes of at least 4 members (excludes halogenated alkanes) is 53. The second-order valence-electron chi connectivity index (χ2n) is 24.2. The monoisotopic (exact) mass is 1090 g/mol. The minimum Gasteiger partial charge on any atom is -0.462 e. The predicted molar refractivity (Wildman–Crippen MR) is 335 cm³/mol. The molecule has 0 bridgehead atoms. The van der Waals surface area contributed by atoms with Gasteiger partial charge in [0.05, 0.1) is 0 Å². The Bertz CT molecular complexity index is 1200. The van der Waals surface area contributed by atoms with Gasteiger partial charge in [-0.3, -0.25) is 14.4 Å². The molecular weight excluding hydrogens is 949 g/mol. The molecule has 0 fully saturated rings. The van der Waals surface area contributed by atoms with Crippen LogP contribution in [0.3, 0.4) is 0 Å². The van der Waals surface area contributed by atoms with Crippen LogP contribution in [0.2, 0.25) is 0 Å². The van der Waals surface area contributed by atoms with E-state index in [4.69, 9.17) is 14.2 Å². The number of esters is 3. The summed E-state index contributed by atoms with van der Waals surface area (Å²) in [6.07, 6.45) is 79.6. The molecule has 456 valence electrons. The number of allylic oxidation sites excluding steroid dienone is 2. The van der Waals surface area contributed by atoms with Crippen LogP contribution in [0.15, 0.2) is 12.2 Å². The third-order valence-electron chi connectivity index (χ3n) is 16.3. The van der Waals surface area contributed by atoms with Crippen molar-refractivity contribution < 1.29 is 28.6 Å². The van der Waals surface area contributed by atoms with Crippen molar-refractivity contribution in [1.29, 1.82) is 0 Å². The summed E-state index contributed by atoms with van der Waals surface area (Å²) in [5.74, 6) is -0.834. The highest BCUT2D eigenvalue weighted by atomic mass is 16.6. The van der Waals surface area contributed by atoms with Gasteiger partial charge in [0.1, 0.15) is 13.2 Å². The van der Waals surface area contributed by atoms with Crippen molar-refractivity contribution in [1.82, 2.24) is 0 Å². The summed E-state index contributed by atoms with van der Waals surface area (Å²) < 4.78 is 17.0. The quantitative estimate of drug-likeness (QED) is 0.0261. The zero-order chi connectivity index (χ0) is 55.7. The molecule has 0 aromatic carbocycles. The molecule has 6 heteroatoms. The molecule has 0 N–H and O–H groups in total. The number of hydrogen-bond donors (Lipinski definition) is 0. The number of carbonyl (C=O) groups is 3. The summed E-state index contributed by atoms with van der Waals surface area (Å²) in [5.41, 5.74) is 0. The fourth-order valence-electron chi connectivity index (χ4n) is 11.0. The third-order valence-corrected chi connectivity index (χ3v) is 16.3. The molecule has 0 radical (unpaired) electrons. The van der Waals surface area contributed by atoms with E-state index in [2.05, 4.69) is 32.9 Å². The lowest BCUT2D eigenvalue weighted by Gasteiger charge is -2.18. The van der Waals surface area contributed by atoms with Crippen LogP contribution in [0.4, 0.5) is 0 Å². The molecule has 0 heterocycles. The number of ether oxygens (including phenoxy) is 3. The minimum atomic E-state index is -0.768. The molecule has 0 aliphatic rings. The Hall–Kier alpha value is -1.85. The van der Waals surface area contributed by atoms with E-state index in [1.807, 2.05) is 0 Å². The van der Waals surface area contributed by atoms with Crippen LogP contribution in [-0.2, 0) is 28.6 Å². The molecule has 0 aliphatic carbocycles. The van der Waals surface area contributed by atoms with Gasteiger partial charge in [0.25, 0.3) is 0 Å². The van der Waals surface area contributed by atoms with Gasteiger partial charge in [0.15, 0.2) is 6.10 Å². The number of rotatable bonds is 66. The van der Waals surface area contributed by atoms with E-state index in [1.165, 1.54) is 308 Å².